The predicted molar refractivity (Wildman–Crippen MR) is 80.5 cm³/mol. The van der Waals surface area contributed by atoms with Crippen LogP contribution in [0.25, 0.3) is 0 Å². The maximum atomic E-state index is 13.1. The van der Waals surface area contributed by atoms with Gasteiger partial charge in [-0.2, -0.15) is 0 Å². The highest BCUT2D eigenvalue weighted by molar-refractivity contribution is 5.97. The van der Waals surface area contributed by atoms with Crippen LogP contribution in [0.1, 0.15) is 38.5 Å². The zero-order valence-electron chi connectivity index (χ0n) is 12.2. The van der Waals surface area contributed by atoms with Gasteiger partial charge in [0.25, 0.3) is 0 Å². The molecule has 2 nitrogen and oxygen atoms in total. The van der Waals surface area contributed by atoms with E-state index in [1.807, 2.05) is 42.3 Å². The highest BCUT2D eigenvalue weighted by atomic mass is 16.2. The lowest BCUT2D eigenvalue weighted by molar-refractivity contribution is -0.143. The maximum Gasteiger partial charge on any atom is 0.232 e. The Balaban J connectivity index is 1.62. The van der Waals surface area contributed by atoms with Crippen molar-refractivity contribution in [3.63, 3.8) is 0 Å². The molecule has 1 amide bonds. The third kappa shape index (κ3) is 1.81. The Morgan fingerprint density at radius 3 is 2.00 bits per heavy atom. The Morgan fingerprint density at radius 1 is 1.00 bits per heavy atom. The molecule has 0 saturated heterocycles. The van der Waals surface area contributed by atoms with Crippen molar-refractivity contribution in [1.82, 2.24) is 0 Å². The minimum atomic E-state index is -0.0284. The largest absolute Gasteiger partial charge is 0.315 e. The summed E-state index contributed by atoms with van der Waals surface area (Å²) in [5.41, 5.74) is 1.01. The van der Waals surface area contributed by atoms with Gasteiger partial charge >= 0.3 is 0 Å². The van der Waals surface area contributed by atoms with Crippen LogP contribution in [0.3, 0.4) is 0 Å². The molecule has 2 heteroatoms. The highest BCUT2D eigenvalue weighted by Gasteiger charge is 2.55. The third-order valence-electron chi connectivity index (χ3n) is 5.94. The second-order valence-corrected chi connectivity index (χ2v) is 7.40. The second-order valence-electron chi connectivity index (χ2n) is 7.40. The molecule has 4 aliphatic rings. The molecule has 1 aromatic carbocycles. The van der Waals surface area contributed by atoms with Crippen molar-refractivity contribution >= 4 is 11.6 Å². The monoisotopic (exact) mass is 269 g/mol. The molecule has 4 bridgehead atoms. The van der Waals surface area contributed by atoms with Crippen molar-refractivity contribution in [2.45, 2.75) is 38.5 Å². The molecule has 0 atom stereocenters. The number of hydrogen-bond donors (Lipinski definition) is 0. The molecule has 0 aromatic heterocycles. The molecule has 1 aromatic rings. The number of rotatable bonds is 2. The quantitative estimate of drug-likeness (QED) is 0.798. The van der Waals surface area contributed by atoms with Crippen LogP contribution in [0.5, 0.6) is 0 Å². The van der Waals surface area contributed by atoms with Gasteiger partial charge in [0.15, 0.2) is 0 Å². The molecular weight excluding hydrogens is 246 g/mol. The van der Waals surface area contributed by atoms with Gasteiger partial charge in [0.1, 0.15) is 0 Å². The molecule has 4 aliphatic carbocycles. The SMILES string of the molecule is CN(C(=O)C12CC3CC(CC(C3)C1)C2)c1ccccc1. The van der Waals surface area contributed by atoms with Crippen LogP contribution in [0, 0.1) is 23.2 Å². The first-order valence-corrected chi connectivity index (χ1v) is 7.99. The first-order chi connectivity index (χ1) is 9.66. The van der Waals surface area contributed by atoms with Crippen molar-refractivity contribution in [1.29, 1.82) is 0 Å². The van der Waals surface area contributed by atoms with Gasteiger partial charge in [-0.1, -0.05) is 18.2 Å². The Labute approximate surface area is 121 Å². The molecule has 4 saturated carbocycles. The van der Waals surface area contributed by atoms with Crippen LogP contribution >= 0.6 is 0 Å². The third-order valence-corrected chi connectivity index (χ3v) is 5.94. The first-order valence-electron chi connectivity index (χ1n) is 7.99. The van der Waals surface area contributed by atoms with E-state index in [1.54, 1.807) is 0 Å². The summed E-state index contributed by atoms with van der Waals surface area (Å²) in [6, 6.07) is 10.1. The van der Waals surface area contributed by atoms with Gasteiger partial charge in [0.2, 0.25) is 5.91 Å². The lowest BCUT2D eigenvalue weighted by Crippen LogP contribution is -2.54. The second kappa shape index (κ2) is 4.34. The Bertz CT molecular complexity index is 486. The van der Waals surface area contributed by atoms with E-state index in [1.165, 1.54) is 19.3 Å². The molecule has 5 rings (SSSR count). The molecular formula is C18H23NO. The van der Waals surface area contributed by atoms with Crippen molar-refractivity contribution in [3.8, 4) is 0 Å². The average Bonchev–Trinajstić information content (AvgIpc) is 2.45. The molecule has 0 radical (unpaired) electrons. The van der Waals surface area contributed by atoms with Gasteiger partial charge in [0, 0.05) is 12.7 Å². The number of carbonyl (C=O) groups excluding carboxylic acids is 1. The van der Waals surface area contributed by atoms with Crippen LogP contribution in [-0.4, -0.2) is 13.0 Å². The fourth-order valence-electron chi connectivity index (χ4n) is 5.50. The topological polar surface area (TPSA) is 20.3 Å². The summed E-state index contributed by atoms with van der Waals surface area (Å²) in [6.07, 6.45) is 7.61. The molecule has 20 heavy (non-hydrogen) atoms. The number of anilines is 1. The van der Waals surface area contributed by atoms with Crippen molar-refractivity contribution in [2.75, 3.05) is 11.9 Å². The first kappa shape index (κ1) is 12.4. The van der Waals surface area contributed by atoms with E-state index in [-0.39, 0.29) is 5.41 Å². The molecule has 4 fully saturated rings. The van der Waals surface area contributed by atoms with Gasteiger partial charge in [-0.05, 0) is 68.4 Å². The van der Waals surface area contributed by atoms with Crippen LogP contribution in [0.4, 0.5) is 5.69 Å². The molecule has 106 valence electrons. The normalized spacial score (nSPS) is 38.0. The Kier molecular flexibility index (Phi) is 2.70. The standard InChI is InChI=1S/C18H23NO/c1-19(16-5-3-2-4-6-16)17(20)18-10-13-7-14(11-18)9-15(8-13)12-18/h2-6,13-15H,7-12H2,1H3. The highest BCUT2D eigenvalue weighted by Crippen LogP contribution is 2.60. The van der Waals surface area contributed by atoms with Gasteiger partial charge in [-0.25, -0.2) is 0 Å². The summed E-state index contributed by atoms with van der Waals surface area (Å²) in [5, 5.41) is 0. The van der Waals surface area contributed by atoms with Gasteiger partial charge in [-0.3, -0.25) is 4.79 Å². The number of nitrogens with zero attached hydrogens (tertiary/aromatic N) is 1. The van der Waals surface area contributed by atoms with Gasteiger partial charge in [0.05, 0.1) is 5.41 Å². The molecule has 0 unspecified atom stereocenters. The number of hydrogen-bond acceptors (Lipinski definition) is 1. The summed E-state index contributed by atoms with van der Waals surface area (Å²) in [5.74, 6) is 2.86. The number of benzene rings is 1. The molecule has 0 N–H and O–H groups in total. The molecule has 0 aliphatic heterocycles. The van der Waals surface area contributed by atoms with Crippen LogP contribution < -0.4 is 4.90 Å². The lowest BCUT2D eigenvalue weighted by atomic mass is 9.49. The number of carbonyl (C=O) groups is 1. The van der Waals surface area contributed by atoms with E-state index in [0.29, 0.717) is 5.91 Å². The van der Waals surface area contributed by atoms with E-state index >= 15 is 0 Å². The van der Waals surface area contributed by atoms with E-state index in [4.69, 9.17) is 0 Å². The zero-order chi connectivity index (χ0) is 13.7. The van der Waals surface area contributed by atoms with Crippen LogP contribution in [-0.2, 0) is 4.79 Å². The van der Waals surface area contributed by atoms with Crippen LogP contribution in [0.15, 0.2) is 30.3 Å². The molecule has 0 heterocycles. The van der Waals surface area contributed by atoms with E-state index in [9.17, 15) is 4.79 Å². The maximum absolute atomic E-state index is 13.1. The Hall–Kier alpha value is -1.31. The smallest absolute Gasteiger partial charge is 0.232 e. The van der Waals surface area contributed by atoms with Crippen molar-refractivity contribution in [2.24, 2.45) is 23.2 Å². The summed E-state index contributed by atoms with van der Waals surface area (Å²) >= 11 is 0. The summed E-state index contributed by atoms with van der Waals surface area (Å²) in [6.45, 7) is 0. The van der Waals surface area contributed by atoms with Crippen LogP contribution in [0.2, 0.25) is 0 Å². The minimum Gasteiger partial charge on any atom is -0.315 e. The summed E-state index contributed by atoms with van der Waals surface area (Å²) < 4.78 is 0. The fraction of sp³-hybridized carbons (Fsp3) is 0.611. The molecule has 0 spiro atoms. The minimum absolute atomic E-state index is 0.0284. The predicted octanol–water partition coefficient (Wildman–Crippen LogP) is 3.87. The van der Waals surface area contributed by atoms with Gasteiger partial charge < -0.3 is 4.90 Å². The number of para-hydroxylation sites is 1. The number of amides is 1. The summed E-state index contributed by atoms with van der Waals surface area (Å²) in [4.78, 5) is 15.0. The summed E-state index contributed by atoms with van der Waals surface area (Å²) in [7, 11) is 1.95. The average molecular weight is 269 g/mol. The fourth-order valence-corrected chi connectivity index (χ4v) is 5.50. The Morgan fingerprint density at radius 2 is 1.50 bits per heavy atom. The lowest BCUT2D eigenvalue weighted by Gasteiger charge is -2.56. The van der Waals surface area contributed by atoms with E-state index < -0.39 is 0 Å². The van der Waals surface area contributed by atoms with Crippen molar-refractivity contribution in [3.05, 3.63) is 30.3 Å². The van der Waals surface area contributed by atoms with Gasteiger partial charge in [-0.15, -0.1) is 0 Å². The zero-order valence-corrected chi connectivity index (χ0v) is 12.2. The van der Waals surface area contributed by atoms with E-state index in [0.717, 1.165) is 42.7 Å². The van der Waals surface area contributed by atoms with Crippen molar-refractivity contribution < 1.29 is 4.79 Å². The van der Waals surface area contributed by atoms with E-state index in [2.05, 4.69) is 0 Å².